The van der Waals surface area contributed by atoms with Crippen molar-refractivity contribution < 1.29 is 13.2 Å². The standard InChI is InChI=1S/C19H22N2O3S/c1-14-7-8-16(13-15(14)2)20-19(22)17-5-3-4-6-18(17)21-9-11-25(23,24)12-10-21/h3-8,13H,9-12H2,1-2H3,(H,20,22). The van der Waals surface area contributed by atoms with Gasteiger partial charge in [-0.2, -0.15) is 0 Å². The highest BCUT2D eigenvalue weighted by atomic mass is 32.2. The van der Waals surface area contributed by atoms with E-state index in [4.69, 9.17) is 0 Å². The summed E-state index contributed by atoms with van der Waals surface area (Å²) in [6.07, 6.45) is 0. The zero-order valence-corrected chi connectivity index (χ0v) is 15.3. The Morgan fingerprint density at radius 1 is 1.00 bits per heavy atom. The Bertz CT molecular complexity index is 893. The molecule has 0 unspecified atom stereocenters. The van der Waals surface area contributed by atoms with Gasteiger partial charge in [-0.25, -0.2) is 8.42 Å². The monoisotopic (exact) mass is 358 g/mol. The zero-order valence-electron chi connectivity index (χ0n) is 14.5. The summed E-state index contributed by atoms with van der Waals surface area (Å²) < 4.78 is 23.3. The summed E-state index contributed by atoms with van der Waals surface area (Å²) in [5, 5.41) is 2.94. The van der Waals surface area contributed by atoms with Crippen LogP contribution in [0.3, 0.4) is 0 Å². The second-order valence-electron chi connectivity index (χ2n) is 6.41. The van der Waals surface area contributed by atoms with E-state index in [1.54, 1.807) is 6.07 Å². The number of para-hydroxylation sites is 1. The van der Waals surface area contributed by atoms with Crippen LogP contribution in [0.1, 0.15) is 21.5 Å². The van der Waals surface area contributed by atoms with Crippen LogP contribution in [-0.4, -0.2) is 38.9 Å². The second kappa shape index (κ2) is 6.88. The van der Waals surface area contributed by atoms with Gasteiger partial charge in [0.25, 0.3) is 5.91 Å². The first kappa shape index (κ1) is 17.5. The lowest BCUT2D eigenvalue weighted by atomic mass is 10.1. The number of amides is 1. The average Bonchev–Trinajstić information content (AvgIpc) is 2.58. The molecule has 0 atom stereocenters. The van der Waals surface area contributed by atoms with Crippen molar-refractivity contribution in [2.24, 2.45) is 0 Å². The van der Waals surface area contributed by atoms with Gasteiger partial charge in [-0.05, 0) is 49.2 Å². The number of anilines is 2. The Kier molecular flexibility index (Phi) is 4.81. The minimum Gasteiger partial charge on any atom is -0.369 e. The molecule has 132 valence electrons. The molecule has 1 aliphatic rings. The quantitative estimate of drug-likeness (QED) is 0.916. The van der Waals surface area contributed by atoms with E-state index in [1.165, 1.54) is 5.56 Å². The number of carbonyl (C=O) groups is 1. The van der Waals surface area contributed by atoms with E-state index in [0.29, 0.717) is 18.7 Å². The van der Waals surface area contributed by atoms with E-state index >= 15 is 0 Å². The van der Waals surface area contributed by atoms with Gasteiger partial charge in [-0.15, -0.1) is 0 Å². The normalized spacial score (nSPS) is 16.5. The van der Waals surface area contributed by atoms with Gasteiger partial charge >= 0.3 is 0 Å². The molecular formula is C19H22N2O3S. The van der Waals surface area contributed by atoms with Gasteiger partial charge in [0.1, 0.15) is 0 Å². The first-order valence-electron chi connectivity index (χ1n) is 8.29. The van der Waals surface area contributed by atoms with Crippen molar-refractivity contribution in [3.8, 4) is 0 Å². The van der Waals surface area contributed by atoms with Crippen molar-refractivity contribution in [3.63, 3.8) is 0 Å². The van der Waals surface area contributed by atoms with Crippen LogP contribution in [0, 0.1) is 13.8 Å². The lowest BCUT2D eigenvalue weighted by Crippen LogP contribution is -2.41. The molecule has 0 spiro atoms. The Hall–Kier alpha value is -2.34. The third kappa shape index (κ3) is 4.02. The summed E-state index contributed by atoms with van der Waals surface area (Å²) in [6.45, 7) is 4.86. The maximum atomic E-state index is 12.7. The minimum atomic E-state index is -2.96. The van der Waals surface area contributed by atoms with E-state index in [9.17, 15) is 13.2 Å². The summed E-state index contributed by atoms with van der Waals surface area (Å²) in [7, 11) is -2.96. The summed E-state index contributed by atoms with van der Waals surface area (Å²) >= 11 is 0. The first-order chi connectivity index (χ1) is 11.9. The van der Waals surface area contributed by atoms with Gasteiger partial charge in [0.05, 0.1) is 17.1 Å². The number of sulfone groups is 1. The van der Waals surface area contributed by atoms with Crippen LogP contribution < -0.4 is 10.2 Å². The Morgan fingerprint density at radius 3 is 2.36 bits per heavy atom. The van der Waals surface area contributed by atoms with Crippen molar-refractivity contribution in [2.45, 2.75) is 13.8 Å². The van der Waals surface area contributed by atoms with Crippen molar-refractivity contribution in [3.05, 3.63) is 59.2 Å². The lowest BCUT2D eigenvalue weighted by molar-refractivity contribution is 0.102. The van der Waals surface area contributed by atoms with Crippen LogP contribution >= 0.6 is 0 Å². The number of benzene rings is 2. The fraction of sp³-hybridized carbons (Fsp3) is 0.316. The summed E-state index contributed by atoms with van der Waals surface area (Å²) in [5.41, 5.74) is 4.38. The molecule has 5 nitrogen and oxygen atoms in total. The Morgan fingerprint density at radius 2 is 1.68 bits per heavy atom. The molecule has 1 fully saturated rings. The highest BCUT2D eigenvalue weighted by Gasteiger charge is 2.24. The maximum absolute atomic E-state index is 12.7. The van der Waals surface area contributed by atoms with Crippen LogP contribution in [0.25, 0.3) is 0 Å². The van der Waals surface area contributed by atoms with Crippen molar-refractivity contribution >= 4 is 27.1 Å². The number of rotatable bonds is 3. The highest BCUT2D eigenvalue weighted by molar-refractivity contribution is 7.91. The smallest absolute Gasteiger partial charge is 0.257 e. The number of hydrogen-bond donors (Lipinski definition) is 1. The highest BCUT2D eigenvalue weighted by Crippen LogP contribution is 2.24. The Balaban J connectivity index is 1.82. The van der Waals surface area contributed by atoms with Crippen LogP contribution in [0.2, 0.25) is 0 Å². The number of nitrogens with one attached hydrogen (secondary N) is 1. The third-order valence-electron chi connectivity index (χ3n) is 4.60. The van der Waals surface area contributed by atoms with E-state index in [-0.39, 0.29) is 17.4 Å². The van der Waals surface area contributed by atoms with E-state index in [2.05, 4.69) is 5.32 Å². The molecular weight excluding hydrogens is 336 g/mol. The van der Waals surface area contributed by atoms with Crippen LogP contribution in [0.15, 0.2) is 42.5 Å². The number of nitrogens with zero attached hydrogens (tertiary/aromatic N) is 1. The molecule has 1 aliphatic heterocycles. The molecule has 0 aliphatic carbocycles. The molecule has 2 aromatic carbocycles. The second-order valence-corrected chi connectivity index (χ2v) is 8.71. The molecule has 0 saturated carbocycles. The fourth-order valence-corrected chi connectivity index (χ4v) is 4.11. The van der Waals surface area contributed by atoms with Gasteiger partial charge in [-0.3, -0.25) is 4.79 Å². The predicted molar refractivity (Wildman–Crippen MR) is 101 cm³/mol. The van der Waals surface area contributed by atoms with Crippen molar-refractivity contribution in [2.75, 3.05) is 34.8 Å². The molecule has 3 rings (SSSR count). The van der Waals surface area contributed by atoms with E-state index in [0.717, 1.165) is 16.9 Å². The zero-order chi connectivity index (χ0) is 18.0. The van der Waals surface area contributed by atoms with Crippen LogP contribution in [0.5, 0.6) is 0 Å². The molecule has 25 heavy (non-hydrogen) atoms. The molecule has 2 aromatic rings. The molecule has 6 heteroatoms. The summed E-state index contributed by atoms with van der Waals surface area (Å²) in [6, 6.07) is 13.1. The Labute approximate surface area is 148 Å². The van der Waals surface area contributed by atoms with Gasteiger partial charge in [0.2, 0.25) is 0 Å². The molecule has 0 bridgehead atoms. The molecule has 1 saturated heterocycles. The molecule has 1 N–H and O–H groups in total. The number of carbonyl (C=O) groups excluding carboxylic acids is 1. The topological polar surface area (TPSA) is 66.5 Å². The van der Waals surface area contributed by atoms with Gasteiger partial charge in [0, 0.05) is 24.5 Å². The molecule has 0 radical (unpaired) electrons. The molecule has 1 amide bonds. The number of aryl methyl sites for hydroxylation is 2. The SMILES string of the molecule is Cc1ccc(NC(=O)c2ccccc2N2CCS(=O)(=O)CC2)cc1C. The summed E-state index contributed by atoms with van der Waals surface area (Å²) in [4.78, 5) is 14.7. The molecule has 1 heterocycles. The number of hydrogen-bond acceptors (Lipinski definition) is 4. The molecule has 0 aromatic heterocycles. The van der Waals surface area contributed by atoms with E-state index < -0.39 is 9.84 Å². The van der Waals surface area contributed by atoms with Crippen molar-refractivity contribution in [1.82, 2.24) is 0 Å². The van der Waals surface area contributed by atoms with Crippen LogP contribution in [0.4, 0.5) is 11.4 Å². The lowest BCUT2D eigenvalue weighted by Gasteiger charge is -2.30. The minimum absolute atomic E-state index is 0.125. The largest absolute Gasteiger partial charge is 0.369 e. The van der Waals surface area contributed by atoms with Gasteiger partial charge in [0.15, 0.2) is 9.84 Å². The fourth-order valence-electron chi connectivity index (χ4n) is 2.91. The maximum Gasteiger partial charge on any atom is 0.257 e. The van der Waals surface area contributed by atoms with Crippen molar-refractivity contribution in [1.29, 1.82) is 0 Å². The average molecular weight is 358 g/mol. The third-order valence-corrected chi connectivity index (χ3v) is 6.21. The van der Waals surface area contributed by atoms with Gasteiger partial charge in [-0.1, -0.05) is 18.2 Å². The summed E-state index contributed by atoms with van der Waals surface area (Å²) in [5.74, 6) is 0.0625. The first-order valence-corrected chi connectivity index (χ1v) is 10.1. The van der Waals surface area contributed by atoms with Gasteiger partial charge < -0.3 is 10.2 Å². The van der Waals surface area contributed by atoms with E-state index in [1.807, 2.05) is 55.1 Å². The van der Waals surface area contributed by atoms with Crippen LogP contribution in [-0.2, 0) is 9.84 Å². The predicted octanol–water partition coefficient (Wildman–Crippen LogP) is 2.79.